The van der Waals surface area contributed by atoms with Gasteiger partial charge in [-0.05, 0) is 32.1 Å². The normalized spacial score (nSPS) is 11.1. The lowest BCUT2D eigenvalue weighted by molar-refractivity contribution is -0.107. The summed E-state index contributed by atoms with van der Waals surface area (Å²) in [5.41, 5.74) is 0. The lowest BCUT2D eigenvalue weighted by atomic mass is 10.1. The zero-order valence-electron chi connectivity index (χ0n) is 10.9. The van der Waals surface area contributed by atoms with E-state index in [2.05, 4.69) is 19.1 Å². The molecule has 0 saturated carbocycles. The van der Waals surface area contributed by atoms with Crippen molar-refractivity contribution < 1.29 is 4.79 Å². The summed E-state index contributed by atoms with van der Waals surface area (Å²) in [6.45, 7) is 2.25. The molecular weight excluding hydrogens is 196 g/mol. The molecule has 0 unspecified atom stereocenters. The van der Waals surface area contributed by atoms with E-state index in [0.717, 1.165) is 19.1 Å². The van der Waals surface area contributed by atoms with E-state index < -0.39 is 0 Å². The molecule has 0 aromatic carbocycles. The average Bonchev–Trinajstić information content (AvgIpc) is 2.31. The van der Waals surface area contributed by atoms with Crippen LogP contribution in [0.25, 0.3) is 0 Å². The molecule has 0 heterocycles. The predicted molar refractivity (Wildman–Crippen MR) is 71.7 cm³/mol. The first-order chi connectivity index (χ1) is 7.91. The van der Waals surface area contributed by atoms with Crippen LogP contribution in [0.2, 0.25) is 0 Å². The molecule has 0 aliphatic carbocycles. The van der Waals surface area contributed by atoms with Crippen LogP contribution in [-0.4, -0.2) is 6.29 Å². The lowest BCUT2D eigenvalue weighted by Gasteiger charge is -1.96. The number of rotatable bonds is 12. The van der Waals surface area contributed by atoms with Gasteiger partial charge in [-0.3, -0.25) is 0 Å². The average molecular weight is 224 g/mol. The van der Waals surface area contributed by atoms with Crippen LogP contribution in [0.1, 0.15) is 77.6 Å². The fraction of sp³-hybridized carbons (Fsp3) is 0.800. The first-order valence-corrected chi connectivity index (χ1v) is 7.00. The Morgan fingerprint density at radius 2 is 1.19 bits per heavy atom. The maximum absolute atomic E-state index is 10.1. The molecule has 0 rings (SSSR count). The van der Waals surface area contributed by atoms with E-state index in [1.807, 2.05) is 0 Å². The Morgan fingerprint density at radius 1 is 0.688 bits per heavy atom. The monoisotopic (exact) mass is 224 g/mol. The maximum atomic E-state index is 10.1. The van der Waals surface area contributed by atoms with Gasteiger partial charge in [0.15, 0.2) is 0 Å². The highest BCUT2D eigenvalue weighted by molar-refractivity contribution is 5.48. The Labute approximate surface area is 101 Å². The molecule has 0 aliphatic rings. The minimum Gasteiger partial charge on any atom is -0.303 e. The van der Waals surface area contributed by atoms with Crippen molar-refractivity contribution in [2.24, 2.45) is 0 Å². The summed E-state index contributed by atoms with van der Waals surface area (Å²) in [4.78, 5) is 10.1. The number of hydrogen-bond donors (Lipinski definition) is 0. The van der Waals surface area contributed by atoms with Gasteiger partial charge in [0, 0.05) is 6.42 Å². The van der Waals surface area contributed by atoms with Crippen molar-refractivity contribution in [2.75, 3.05) is 0 Å². The van der Waals surface area contributed by atoms with Crippen LogP contribution < -0.4 is 0 Å². The molecule has 0 spiro atoms. The third-order valence-corrected chi connectivity index (χ3v) is 2.83. The second-order valence-corrected chi connectivity index (χ2v) is 4.48. The van der Waals surface area contributed by atoms with Crippen LogP contribution in [0.4, 0.5) is 0 Å². The molecular formula is C15H28O. The number of aldehydes is 1. The van der Waals surface area contributed by atoms with E-state index in [9.17, 15) is 4.79 Å². The van der Waals surface area contributed by atoms with Gasteiger partial charge >= 0.3 is 0 Å². The molecule has 0 saturated heterocycles. The third-order valence-electron chi connectivity index (χ3n) is 2.83. The zero-order valence-corrected chi connectivity index (χ0v) is 10.9. The summed E-state index contributed by atoms with van der Waals surface area (Å²) in [5.74, 6) is 0. The first kappa shape index (κ1) is 15.4. The van der Waals surface area contributed by atoms with Crippen LogP contribution in [0.3, 0.4) is 0 Å². The molecule has 0 atom stereocenters. The standard InChI is InChI=1S/C15H28O/c1-2-3-4-5-6-7-8-9-10-11-12-13-14-15-16/h8-9,15H,2-7,10-14H2,1H3/b9-8-. The fourth-order valence-electron chi connectivity index (χ4n) is 1.77. The Morgan fingerprint density at radius 3 is 1.75 bits per heavy atom. The number of allylic oxidation sites excluding steroid dienone is 2. The summed E-state index contributed by atoms with van der Waals surface area (Å²) in [5, 5.41) is 0. The van der Waals surface area contributed by atoms with Gasteiger partial charge < -0.3 is 4.79 Å². The summed E-state index contributed by atoms with van der Waals surface area (Å²) in [6, 6.07) is 0. The molecule has 1 heteroatoms. The van der Waals surface area contributed by atoms with Gasteiger partial charge in [-0.1, -0.05) is 51.2 Å². The minimum atomic E-state index is 0.737. The molecule has 0 aliphatic heterocycles. The van der Waals surface area contributed by atoms with Crippen LogP contribution >= 0.6 is 0 Å². The molecule has 0 amide bonds. The quantitative estimate of drug-likeness (QED) is 0.257. The zero-order chi connectivity index (χ0) is 11.9. The van der Waals surface area contributed by atoms with Crippen LogP contribution in [0, 0.1) is 0 Å². The van der Waals surface area contributed by atoms with E-state index >= 15 is 0 Å². The van der Waals surface area contributed by atoms with Crippen molar-refractivity contribution in [1.82, 2.24) is 0 Å². The minimum absolute atomic E-state index is 0.737. The van der Waals surface area contributed by atoms with Crippen molar-refractivity contribution in [3.05, 3.63) is 12.2 Å². The molecule has 0 fully saturated rings. The molecule has 0 radical (unpaired) electrons. The lowest BCUT2D eigenvalue weighted by Crippen LogP contribution is -1.78. The highest BCUT2D eigenvalue weighted by atomic mass is 16.1. The van der Waals surface area contributed by atoms with Gasteiger partial charge in [0.1, 0.15) is 6.29 Å². The van der Waals surface area contributed by atoms with Crippen molar-refractivity contribution in [3.8, 4) is 0 Å². The fourth-order valence-corrected chi connectivity index (χ4v) is 1.77. The summed E-state index contributed by atoms with van der Waals surface area (Å²) in [6.07, 6.45) is 19.2. The van der Waals surface area contributed by atoms with Gasteiger partial charge in [-0.2, -0.15) is 0 Å². The number of carbonyl (C=O) groups excluding carboxylic acids is 1. The molecule has 0 N–H and O–H groups in total. The third kappa shape index (κ3) is 13.4. The van der Waals surface area contributed by atoms with Gasteiger partial charge in [-0.25, -0.2) is 0 Å². The van der Waals surface area contributed by atoms with E-state index in [-0.39, 0.29) is 0 Å². The number of carbonyl (C=O) groups is 1. The molecule has 0 aromatic rings. The first-order valence-electron chi connectivity index (χ1n) is 7.00. The van der Waals surface area contributed by atoms with Crippen molar-refractivity contribution in [1.29, 1.82) is 0 Å². The maximum Gasteiger partial charge on any atom is 0.119 e. The molecule has 94 valence electrons. The van der Waals surface area contributed by atoms with Crippen molar-refractivity contribution in [2.45, 2.75) is 77.6 Å². The smallest absolute Gasteiger partial charge is 0.119 e. The van der Waals surface area contributed by atoms with Gasteiger partial charge in [0.2, 0.25) is 0 Å². The molecule has 0 bridgehead atoms. The SMILES string of the molecule is CCCCCCC/C=C\CCCCCC=O. The molecule has 0 aromatic heterocycles. The van der Waals surface area contributed by atoms with Crippen LogP contribution in [0.15, 0.2) is 12.2 Å². The van der Waals surface area contributed by atoms with E-state index in [1.54, 1.807) is 0 Å². The van der Waals surface area contributed by atoms with Crippen molar-refractivity contribution >= 4 is 6.29 Å². The second-order valence-electron chi connectivity index (χ2n) is 4.48. The van der Waals surface area contributed by atoms with E-state index in [1.165, 1.54) is 57.8 Å². The van der Waals surface area contributed by atoms with Crippen molar-refractivity contribution in [3.63, 3.8) is 0 Å². The molecule has 1 nitrogen and oxygen atoms in total. The number of unbranched alkanes of at least 4 members (excludes halogenated alkanes) is 9. The Hall–Kier alpha value is -0.590. The largest absolute Gasteiger partial charge is 0.303 e. The summed E-state index contributed by atoms with van der Waals surface area (Å²) in [7, 11) is 0. The number of hydrogen-bond acceptors (Lipinski definition) is 1. The topological polar surface area (TPSA) is 17.1 Å². The predicted octanol–water partition coefficient (Wildman–Crippen LogP) is 5.05. The Bertz CT molecular complexity index is 161. The Kier molecular flexibility index (Phi) is 13.9. The van der Waals surface area contributed by atoms with Gasteiger partial charge in [0.25, 0.3) is 0 Å². The highest BCUT2D eigenvalue weighted by Crippen LogP contribution is 2.07. The highest BCUT2D eigenvalue weighted by Gasteiger charge is 1.88. The van der Waals surface area contributed by atoms with Gasteiger partial charge in [-0.15, -0.1) is 0 Å². The Balaban J connectivity index is 3.01. The summed E-state index contributed by atoms with van der Waals surface area (Å²) >= 11 is 0. The van der Waals surface area contributed by atoms with E-state index in [0.29, 0.717) is 0 Å². The van der Waals surface area contributed by atoms with Crippen LogP contribution in [0.5, 0.6) is 0 Å². The summed E-state index contributed by atoms with van der Waals surface area (Å²) < 4.78 is 0. The van der Waals surface area contributed by atoms with Gasteiger partial charge in [0.05, 0.1) is 0 Å². The van der Waals surface area contributed by atoms with Crippen LogP contribution in [-0.2, 0) is 4.79 Å². The van der Waals surface area contributed by atoms with E-state index in [4.69, 9.17) is 0 Å². The second kappa shape index (κ2) is 14.4. The molecule has 16 heavy (non-hydrogen) atoms.